The number of hydrogen-bond acceptors (Lipinski definition) is 6. The molecule has 1 heterocycles. The van der Waals surface area contributed by atoms with Gasteiger partial charge in [0.25, 0.3) is 0 Å². The molecule has 6 heteroatoms. The average molecular weight is 342 g/mol. The summed E-state index contributed by atoms with van der Waals surface area (Å²) in [7, 11) is 4.66. The fourth-order valence-corrected chi connectivity index (χ4v) is 2.49. The van der Waals surface area contributed by atoms with Crippen molar-refractivity contribution in [3.05, 3.63) is 47.5 Å². The Balaban J connectivity index is 1.87. The number of carbonyl (C=O) groups is 1. The first-order valence-electron chi connectivity index (χ1n) is 7.58. The van der Waals surface area contributed by atoms with Gasteiger partial charge in [-0.15, -0.1) is 0 Å². The van der Waals surface area contributed by atoms with Crippen LogP contribution in [0.5, 0.6) is 28.7 Å². The summed E-state index contributed by atoms with van der Waals surface area (Å²) in [5.74, 6) is 2.74. The Labute approximate surface area is 145 Å². The zero-order chi connectivity index (χ0) is 17.8. The minimum Gasteiger partial charge on any atom is -0.496 e. The molecule has 2 aromatic rings. The third kappa shape index (κ3) is 3.38. The standard InChI is InChI=1S/C19H18O6/c1-21-16-10-18(23-3)17(22-2)9-13(16)4-6-14(20)12-5-7-15-19(8-12)25-11-24-15/h4-10H,11H2,1-3H3/b6-4+. The molecule has 0 N–H and O–H groups in total. The minimum absolute atomic E-state index is 0.157. The maximum Gasteiger partial charge on any atom is 0.231 e. The molecule has 2 aromatic carbocycles. The maximum absolute atomic E-state index is 12.4. The summed E-state index contributed by atoms with van der Waals surface area (Å²) in [6.45, 7) is 0.172. The van der Waals surface area contributed by atoms with Crippen molar-refractivity contribution >= 4 is 11.9 Å². The Bertz CT molecular complexity index is 825. The Morgan fingerprint density at radius 1 is 0.920 bits per heavy atom. The van der Waals surface area contributed by atoms with Crippen LogP contribution >= 0.6 is 0 Å². The van der Waals surface area contributed by atoms with Crippen LogP contribution in [0.1, 0.15) is 15.9 Å². The van der Waals surface area contributed by atoms with Crippen LogP contribution < -0.4 is 23.7 Å². The third-order valence-corrected chi connectivity index (χ3v) is 3.81. The van der Waals surface area contributed by atoms with E-state index in [9.17, 15) is 4.79 Å². The second-order valence-corrected chi connectivity index (χ2v) is 5.21. The van der Waals surface area contributed by atoms with Gasteiger partial charge in [0, 0.05) is 17.2 Å². The Kier molecular flexibility index (Phi) is 4.79. The van der Waals surface area contributed by atoms with Gasteiger partial charge in [-0.05, 0) is 36.4 Å². The smallest absolute Gasteiger partial charge is 0.231 e. The predicted octanol–water partition coefficient (Wildman–Crippen LogP) is 3.34. The van der Waals surface area contributed by atoms with Crippen molar-refractivity contribution in [3.63, 3.8) is 0 Å². The predicted molar refractivity (Wildman–Crippen MR) is 92.0 cm³/mol. The Morgan fingerprint density at radius 3 is 2.32 bits per heavy atom. The lowest BCUT2D eigenvalue weighted by atomic mass is 10.1. The number of ether oxygens (including phenoxy) is 5. The van der Waals surface area contributed by atoms with Crippen LogP contribution in [0.3, 0.4) is 0 Å². The van der Waals surface area contributed by atoms with Crippen LogP contribution in [0.25, 0.3) is 6.08 Å². The number of fused-ring (bicyclic) bond motifs is 1. The van der Waals surface area contributed by atoms with Crippen LogP contribution in [-0.4, -0.2) is 33.9 Å². The summed E-state index contributed by atoms with van der Waals surface area (Å²) in [6, 6.07) is 8.55. The van der Waals surface area contributed by atoms with E-state index in [1.807, 2.05) is 0 Å². The minimum atomic E-state index is -0.157. The number of methoxy groups -OCH3 is 3. The second-order valence-electron chi connectivity index (χ2n) is 5.21. The van der Waals surface area contributed by atoms with Crippen molar-refractivity contribution in [3.8, 4) is 28.7 Å². The molecule has 25 heavy (non-hydrogen) atoms. The maximum atomic E-state index is 12.4. The highest BCUT2D eigenvalue weighted by Crippen LogP contribution is 2.36. The van der Waals surface area contributed by atoms with Crippen LogP contribution in [-0.2, 0) is 0 Å². The van der Waals surface area contributed by atoms with Crippen LogP contribution in [0, 0.1) is 0 Å². The quantitative estimate of drug-likeness (QED) is 0.593. The number of carbonyl (C=O) groups excluding carboxylic acids is 1. The van der Waals surface area contributed by atoms with Crippen molar-refractivity contribution in [2.45, 2.75) is 0 Å². The van der Waals surface area contributed by atoms with Gasteiger partial charge in [0.1, 0.15) is 5.75 Å². The molecule has 0 amide bonds. The van der Waals surface area contributed by atoms with Crippen molar-refractivity contribution in [2.24, 2.45) is 0 Å². The van der Waals surface area contributed by atoms with E-state index in [1.54, 1.807) is 57.7 Å². The summed E-state index contributed by atoms with van der Waals surface area (Å²) in [5.41, 5.74) is 1.22. The molecule has 6 nitrogen and oxygen atoms in total. The number of ketones is 1. The van der Waals surface area contributed by atoms with Gasteiger partial charge in [-0.3, -0.25) is 4.79 Å². The molecule has 3 rings (SSSR count). The summed E-state index contributed by atoms with van der Waals surface area (Å²) >= 11 is 0. The molecule has 0 aromatic heterocycles. The third-order valence-electron chi connectivity index (χ3n) is 3.81. The summed E-state index contributed by atoms with van der Waals surface area (Å²) < 4.78 is 26.4. The first kappa shape index (κ1) is 16.7. The normalized spacial score (nSPS) is 12.3. The molecular formula is C19H18O6. The lowest BCUT2D eigenvalue weighted by molar-refractivity contribution is 0.104. The molecule has 0 unspecified atom stereocenters. The van der Waals surface area contributed by atoms with E-state index < -0.39 is 0 Å². The first-order valence-corrected chi connectivity index (χ1v) is 7.58. The number of benzene rings is 2. The van der Waals surface area contributed by atoms with Crippen LogP contribution in [0.15, 0.2) is 36.4 Å². The lowest BCUT2D eigenvalue weighted by Gasteiger charge is -2.12. The zero-order valence-corrected chi connectivity index (χ0v) is 14.2. The van der Waals surface area contributed by atoms with Gasteiger partial charge in [-0.1, -0.05) is 0 Å². The van der Waals surface area contributed by atoms with E-state index >= 15 is 0 Å². The highest BCUT2D eigenvalue weighted by molar-refractivity contribution is 6.07. The van der Waals surface area contributed by atoms with Crippen molar-refractivity contribution in [2.75, 3.05) is 28.1 Å². The SMILES string of the molecule is COc1cc(OC)c(OC)cc1/C=C/C(=O)c1ccc2c(c1)OCO2. The van der Waals surface area contributed by atoms with E-state index in [-0.39, 0.29) is 12.6 Å². The second kappa shape index (κ2) is 7.17. The molecular weight excluding hydrogens is 324 g/mol. The molecule has 0 saturated heterocycles. The summed E-state index contributed by atoms with van der Waals surface area (Å²) in [5, 5.41) is 0. The Morgan fingerprint density at radius 2 is 1.60 bits per heavy atom. The molecule has 1 aliphatic rings. The lowest BCUT2D eigenvalue weighted by Crippen LogP contribution is -1.96. The van der Waals surface area contributed by atoms with E-state index in [0.717, 1.165) is 0 Å². The van der Waals surface area contributed by atoms with Gasteiger partial charge < -0.3 is 23.7 Å². The van der Waals surface area contributed by atoms with Crippen molar-refractivity contribution in [1.82, 2.24) is 0 Å². The largest absolute Gasteiger partial charge is 0.496 e. The fourth-order valence-electron chi connectivity index (χ4n) is 2.49. The van der Waals surface area contributed by atoms with E-state index in [0.29, 0.717) is 39.9 Å². The topological polar surface area (TPSA) is 63.2 Å². The van der Waals surface area contributed by atoms with Gasteiger partial charge >= 0.3 is 0 Å². The van der Waals surface area contributed by atoms with E-state index in [1.165, 1.54) is 6.08 Å². The molecule has 0 aliphatic carbocycles. The molecule has 130 valence electrons. The van der Waals surface area contributed by atoms with Crippen molar-refractivity contribution in [1.29, 1.82) is 0 Å². The van der Waals surface area contributed by atoms with E-state index in [2.05, 4.69) is 0 Å². The Hall–Kier alpha value is -3.15. The van der Waals surface area contributed by atoms with Gasteiger partial charge in [0.2, 0.25) is 6.79 Å². The molecule has 0 spiro atoms. The van der Waals surface area contributed by atoms with Gasteiger partial charge in [-0.25, -0.2) is 0 Å². The molecule has 0 atom stereocenters. The monoisotopic (exact) mass is 342 g/mol. The molecule has 0 fully saturated rings. The number of allylic oxidation sites excluding steroid dienone is 1. The van der Waals surface area contributed by atoms with Gasteiger partial charge in [-0.2, -0.15) is 0 Å². The molecule has 0 radical (unpaired) electrons. The van der Waals surface area contributed by atoms with E-state index in [4.69, 9.17) is 23.7 Å². The average Bonchev–Trinajstić information content (AvgIpc) is 3.12. The fraction of sp³-hybridized carbons (Fsp3) is 0.211. The number of hydrogen-bond donors (Lipinski definition) is 0. The first-order chi connectivity index (χ1) is 12.2. The summed E-state index contributed by atoms with van der Waals surface area (Å²) in [6.07, 6.45) is 3.15. The van der Waals surface area contributed by atoms with Crippen LogP contribution in [0.4, 0.5) is 0 Å². The van der Waals surface area contributed by atoms with Gasteiger partial charge in [0.15, 0.2) is 28.8 Å². The van der Waals surface area contributed by atoms with Crippen molar-refractivity contribution < 1.29 is 28.5 Å². The van der Waals surface area contributed by atoms with Gasteiger partial charge in [0.05, 0.1) is 21.3 Å². The zero-order valence-electron chi connectivity index (χ0n) is 14.2. The number of rotatable bonds is 6. The molecule has 0 bridgehead atoms. The molecule has 0 saturated carbocycles. The van der Waals surface area contributed by atoms with Crippen LogP contribution in [0.2, 0.25) is 0 Å². The molecule has 1 aliphatic heterocycles. The highest BCUT2D eigenvalue weighted by atomic mass is 16.7. The summed E-state index contributed by atoms with van der Waals surface area (Å²) in [4.78, 5) is 12.4. The highest BCUT2D eigenvalue weighted by Gasteiger charge is 2.15.